The number of nitrogens with one attached hydrogen (secondary N) is 1. The van der Waals surface area contributed by atoms with Crippen LogP contribution in [0.15, 0.2) is 42.5 Å². The molecule has 28 heavy (non-hydrogen) atoms. The summed E-state index contributed by atoms with van der Waals surface area (Å²) >= 11 is 1.62. The van der Waals surface area contributed by atoms with E-state index >= 15 is 0 Å². The summed E-state index contributed by atoms with van der Waals surface area (Å²) in [6.45, 7) is 4.10. The number of rotatable bonds is 4. The molecule has 1 unspecified atom stereocenters. The molecule has 2 amide bonds. The van der Waals surface area contributed by atoms with Gasteiger partial charge in [0.25, 0.3) is 0 Å². The summed E-state index contributed by atoms with van der Waals surface area (Å²) in [5.74, 6) is 0.778. The maximum absolute atomic E-state index is 12.8. The lowest BCUT2D eigenvalue weighted by Crippen LogP contribution is -2.29. The second kappa shape index (κ2) is 8.00. The molecule has 0 aromatic heterocycles. The Labute approximate surface area is 170 Å². The average molecular weight is 395 g/mol. The molecule has 1 atom stereocenters. The Morgan fingerprint density at radius 3 is 2.61 bits per heavy atom. The van der Waals surface area contributed by atoms with Crippen molar-refractivity contribution in [3.8, 4) is 0 Å². The number of anilines is 2. The van der Waals surface area contributed by atoms with Crippen LogP contribution < -0.4 is 10.2 Å². The van der Waals surface area contributed by atoms with Gasteiger partial charge >= 0.3 is 0 Å². The lowest BCUT2D eigenvalue weighted by atomic mass is 10.1. The lowest BCUT2D eigenvalue weighted by molar-refractivity contribution is -0.119. The van der Waals surface area contributed by atoms with Crippen LogP contribution >= 0.6 is 11.8 Å². The second-order valence-electron chi connectivity index (χ2n) is 7.77. The summed E-state index contributed by atoms with van der Waals surface area (Å²) in [4.78, 5) is 27.3. The van der Waals surface area contributed by atoms with Crippen molar-refractivity contribution < 1.29 is 9.59 Å². The zero-order chi connectivity index (χ0) is 19.7. The molecule has 1 saturated heterocycles. The van der Waals surface area contributed by atoms with Crippen molar-refractivity contribution in [2.75, 3.05) is 16.0 Å². The second-order valence-corrected chi connectivity index (χ2v) is 8.84. The summed E-state index contributed by atoms with van der Waals surface area (Å²) in [6.07, 6.45) is 4.21. The number of hydrogen-bond acceptors (Lipinski definition) is 3. The average Bonchev–Trinajstić information content (AvgIpc) is 3.33. The smallest absolute Gasteiger partial charge is 0.238 e. The summed E-state index contributed by atoms with van der Waals surface area (Å²) < 4.78 is 0. The molecular formula is C23H26N2O2S. The maximum atomic E-state index is 12.8. The number of benzene rings is 2. The van der Waals surface area contributed by atoms with Crippen molar-refractivity contribution in [1.29, 1.82) is 0 Å². The molecular weight excluding hydrogens is 368 g/mol. The third-order valence-corrected chi connectivity index (χ3v) is 6.88. The molecule has 4 nitrogen and oxygen atoms in total. The van der Waals surface area contributed by atoms with E-state index in [2.05, 4.69) is 18.3 Å². The predicted octanol–water partition coefficient (Wildman–Crippen LogP) is 5.21. The highest BCUT2D eigenvalue weighted by Crippen LogP contribution is 2.45. The topological polar surface area (TPSA) is 49.4 Å². The minimum absolute atomic E-state index is 0.109. The molecule has 1 aliphatic heterocycles. The van der Waals surface area contributed by atoms with Crippen molar-refractivity contribution in [3.05, 3.63) is 59.2 Å². The first-order chi connectivity index (χ1) is 13.5. The van der Waals surface area contributed by atoms with Crippen LogP contribution in [0.4, 0.5) is 11.4 Å². The fraction of sp³-hybridized carbons (Fsp3) is 0.391. The summed E-state index contributed by atoms with van der Waals surface area (Å²) in [6, 6.07) is 14.1. The standard InChI is InChI=1S/C23H26N2O2S/c1-15-11-12-20(16(2)13-15)25-21(26)14-28-23(25)18-9-5-6-10-19(18)24-22(27)17-7-3-4-8-17/h5-6,9-13,17,23H,3-4,7-8,14H2,1-2H3,(H,24,27). The van der Waals surface area contributed by atoms with Gasteiger partial charge in [0.15, 0.2) is 0 Å². The number of hydrogen-bond donors (Lipinski definition) is 1. The number of amides is 2. The molecule has 146 valence electrons. The summed E-state index contributed by atoms with van der Waals surface area (Å²) in [5, 5.41) is 3.02. The fourth-order valence-electron chi connectivity index (χ4n) is 4.24. The molecule has 0 bridgehead atoms. The zero-order valence-corrected chi connectivity index (χ0v) is 17.2. The SMILES string of the molecule is Cc1ccc(N2C(=O)CSC2c2ccccc2NC(=O)C2CCCC2)c(C)c1. The fourth-order valence-corrected chi connectivity index (χ4v) is 5.44. The van der Waals surface area contributed by atoms with Crippen LogP contribution in [-0.4, -0.2) is 17.6 Å². The Morgan fingerprint density at radius 2 is 1.86 bits per heavy atom. The number of carbonyl (C=O) groups excluding carboxylic acids is 2. The van der Waals surface area contributed by atoms with E-state index in [9.17, 15) is 9.59 Å². The molecule has 0 spiro atoms. The van der Waals surface area contributed by atoms with Crippen LogP contribution in [0, 0.1) is 19.8 Å². The molecule has 2 aliphatic rings. The van der Waals surface area contributed by atoms with Gasteiger partial charge in [0, 0.05) is 22.9 Å². The normalized spacial score (nSPS) is 20.0. The van der Waals surface area contributed by atoms with Gasteiger partial charge in [-0.2, -0.15) is 0 Å². The van der Waals surface area contributed by atoms with Gasteiger partial charge in [0.1, 0.15) is 5.37 Å². The lowest BCUT2D eigenvalue weighted by Gasteiger charge is -2.28. The molecule has 1 saturated carbocycles. The highest BCUT2D eigenvalue weighted by molar-refractivity contribution is 8.00. The van der Waals surface area contributed by atoms with Gasteiger partial charge in [-0.3, -0.25) is 14.5 Å². The Hall–Kier alpha value is -2.27. The molecule has 2 aromatic rings. The molecule has 0 radical (unpaired) electrons. The van der Waals surface area contributed by atoms with Crippen molar-refractivity contribution in [2.24, 2.45) is 5.92 Å². The zero-order valence-electron chi connectivity index (χ0n) is 16.4. The van der Waals surface area contributed by atoms with Crippen LogP contribution in [0.5, 0.6) is 0 Å². The van der Waals surface area contributed by atoms with E-state index in [1.807, 2.05) is 48.2 Å². The molecule has 1 N–H and O–H groups in total. The van der Waals surface area contributed by atoms with E-state index in [1.54, 1.807) is 11.8 Å². The highest BCUT2D eigenvalue weighted by Gasteiger charge is 2.36. The Bertz CT molecular complexity index is 905. The third-order valence-electron chi connectivity index (χ3n) is 5.69. The molecule has 1 heterocycles. The van der Waals surface area contributed by atoms with Crippen molar-refractivity contribution in [2.45, 2.75) is 44.9 Å². The molecule has 4 rings (SSSR count). The minimum Gasteiger partial charge on any atom is -0.325 e. The van der Waals surface area contributed by atoms with Gasteiger partial charge in [0.05, 0.1) is 5.75 Å². The van der Waals surface area contributed by atoms with Crippen LogP contribution in [0.25, 0.3) is 0 Å². The van der Waals surface area contributed by atoms with E-state index in [-0.39, 0.29) is 23.1 Å². The third kappa shape index (κ3) is 3.68. The molecule has 2 aromatic carbocycles. The van der Waals surface area contributed by atoms with E-state index in [0.29, 0.717) is 5.75 Å². The number of para-hydroxylation sites is 1. The monoisotopic (exact) mass is 394 g/mol. The first-order valence-corrected chi connectivity index (χ1v) is 11.0. The maximum Gasteiger partial charge on any atom is 0.238 e. The number of aryl methyl sites for hydroxylation is 2. The Morgan fingerprint density at radius 1 is 1.11 bits per heavy atom. The molecule has 1 aliphatic carbocycles. The van der Waals surface area contributed by atoms with Gasteiger partial charge in [0.2, 0.25) is 11.8 Å². The van der Waals surface area contributed by atoms with Crippen molar-refractivity contribution >= 4 is 35.0 Å². The minimum atomic E-state index is -0.131. The predicted molar refractivity (Wildman–Crippen MR) is 116 cm³/mol. The van der Waals surface area contributed by atoms with Gasteiger partial charge in [-0.1, -0.05) is 48.7 Å². The largest absolute Gasteiger partial charge is 0.325 e. The van der Waals surface area contributed by atoms with Crippen LogP contribution in [0.2, 0.25) is 0 Å². The van der Waals surface area contributed by atoms with Gasteiger partial charge < -0.3 is 5.32 Å². The Balaban J connectivity index is 1.66. The van der Waals surface area contributed by atoms with E-state index in [0.717, 1.165) is 48.2 Å². The summed E-state index contributed by atoms with van der Waals surface area (Å²) in [7, 11) is 0. The number of thioether (sulfide) groups is 1. The molecule has 5 heteroatoms. The summed E-state index contributed by atoms with van der Waals surface area (Å²) in [5.41, 5.74) is 5.03. The van der Waals surface area contributed by atoms with Gasteiger partial charge in [-0.25, -0.2) is 0 Å². The van der Waals surface area contributed by atoms with E-state index < -0.39 is 0 Å². The van der Waals surface area contributed by atoms with Crippen molar-refractivity contribution in [3.63, 3.8) is 0 Å². The van der Waals surface area contributed by atoms with Gasteiger partial charge in [-0.15, -0.1) is 11.8 Å². The Kier molecular flexibility index (Phi) is 5.44. The number of carbonyl (C=O) groups is 2. The number of nitrogens with zero attached hydrogens (tertiary/aromatic N) is 1. The van der Waals surface area contributed by atoms with Crippen LogP contribution in [0.1, 0.15) is 47.7 Å². The first-order valence-electron chi connectivity index (χ1n) is 9.95. The van der Waals surface area contributed by atoms with Crippen molar-refractivity contribution in [1.82, 2.24) is 0 Å². The van der Waals surface area contributed by atoms with Gasteiger partial charge in [-0.05, 0) is 44.4 Å². The first kappa shape index (κ1) is 19.1. The molecule has 2 fully saturated rings. The van der Waals surface area contributed by atoms with Crippen LogP contribution in [-0.2, 0) is 9.59 Å². The highest BCUT2D eigenvalue weighted by atomic mass is 32.2. The van der Waals surface area contributed by atoms with E-state index in [4.69, 9.17) is 0 Å². The quantitative estimate of drug-likeness (QED) is 0.774. The van der Waals surface area contributed by atoms with Crippen LogP contribution in [0.3, 0.4) is 0 Å². The van der Waals surface area contributed by atoms with E-state index in [1.165, 1.54) is 5.56 Å².